The minimum Gasteiger partial charge on any atom is -0.352 e. The summed E-state index contributed by atoms with van der Waals surface area (Å²) in [6.45, 7) is 3.11. The maximum atomic E-state index is 12.7. The topological polar surface area (TPSA) is 84.3 Å². The number of carbonyl (C=O) groups excluding carboxylic acids is 1. The summed E-state index contributed by atoms with van der Waals surface area (Å²) in [5.74, 6) is 0.725. The molecule has 3 aromatic rings. The van der Waals surface area contributed by atoms with Gasteiger partial charge in [0.1, 0.15) is 5.82 Å². The zero-order valence-corrected chi connectivity index (χ0v) is 18.3. The van der Waals surface area contributed by atoms with E-state index in [9.17, 15) is 13.2 Å². The Hall–Kier alpha value is -2.97. The maximum Gasteiger partial charge on any atom is 0.243 e. The Morgan fingerprint density at radius 2 is 1.74 bits per heavy atom. The normalized spacial score (nSPS) is 15.6. The van der Waals surface area contributed by atoms with Gasteiger partial charge in [0, 0.05) is 43.6 Å². The molecule has 0 aliphatic carbocycles. The first-order valence-electron chi connectivity index (χ1n) is 10.4. The highest BCUT2D eigenvalue weighted by Gasteiger charge is 2.31. The summed E-state index contributed by atoms with van der Waals surface area (Å²) >= 11 is 0. The second-order valence-corrected chi connectivity index (χ2v) is 9.66. The molecule has 4 rings (SSSR count). The summed E-state index contributed by atoms with van der Waals surface area (Å²) in [5.41, 5.74) is 2.04. The van der Waals surface area contributed by atoms with Crippen LogP contribution in [-0.2, 0) is 21.4 Å². The van der Waals surface area contributed by atoms with Crippen molar-refractivity contribution < 1.29 is 13.2 Å². The molecular weight excluding hydrogens is 412 g/mol. The summed E-state index contributed by atoms with van der Waals surface area (Å²) in [5, 5.41) is 2.99. The first kappa shape index (κ1) is 21.3. The molecule has 0 spiro atoms. The van der Waals surface area contributed by atoms with E-state index in [-0.39, 0.29) is 11.8 Å². The van der Waals surface area contributed by atoms with E-state index < -0.39 is 10.0 Å². The molecule has 1 aromatic heterocycles. The van der Waals surface area contributed by atoms with Crippen molar-refractivity contribution in [2.45, 2.75) is 31.2 Å². The first-order valence-corrected chi connectivity index (χ1v) is 11.8. The Kier molecular flexibility index (Phi) is 6.20. The number of aromatic nitrogens is 2. The third-order valence-electron chi connectivity index (χ3n) is 5.71. The molecule has 1 fully saturated rings. The van der Waals surface area contributed by atoms with Gasteiger partial charge < -0.3 is 9.88 Å². The standard InChI is InChI=1S/C23H26N4O3S/c1-18-24-13-16-27(18)21-9-7-19(8-10-21)17-25-23(28)20-11-14-26(15-12-20)31(29,30)22-5-3-2-4-6-22/h2-10,13,16,20H,11-12,14-15,17H2,1H3,(H,25,28). The van der Waals surface area contributed by atoms with Crippen LogP contribution in [0, 0.1) is 12.8 Å². The van der Waals surface area contributed by atoms with Crippen LogP contribution >= 0.6 is 0 Å². The van der Waals surface area contributed by atoms with Gasteiger partial charge in [-0.15, -0.1) is 0 Å². The van der Waals surface area contributed by atoms with Crippen LogP contribution in [0.4, 0.5) is 0 Å². The molecule has 1 aliphatic rings. The fourth-order valence-electron chi connectivity index (χ4n) is 3.86. The summed E-state index contributed by atoms with van der Waals surface area (Å²) in [6.07, 6.45) is 4.73. The molecule has 0 saturated carbocycles. The number of aryl methyl sites for hydroxylation is 1. The Bertz CT molecular complexity index is 1130. The van der Waals surface area contributed by atoms with Crippen LogP contribution in [0.3, 0.4) is 0 Å². The lowest BCUT2D eigenvalue weighted by atomic mass is 9.97. The van der Waals surface area contributed by atoms with Gasteiger partial charge in [0.05, 0.1) is 4.90 Å². The summed E-state index contributed by atoms with van der Waals surface area (Å²) in [4.78, 5) is 17.1. The van der Waals surface area contributed by atoms with Crippen LogP contribution < -0.4 is 5.32 Å². The molecule has 1 N–H and O–H groups in total. The average Bonchev–Trinajstić information content (AvgIpc) is 3.24. The van der Waals surface area contributed by atoms with Gasteiger partial charge in [0.15, 0.2) is 0 Å². The lowest BCUT2D eigenvalue weighted by Gasteiger charge is -2.30. The van der Waals surface area contributed by atoms with Crippen molar-refractivity contribution in [2.75, 3.05) is 13.1 Å². The van der Waals surface area contributed by atoms with Crippen molar-refractivity contribution in [1.29, 1.82) is 0 Å². The smallest absolute Gasteiger partial charge is 0.243 e. The first-order chi connectivity index (χ1) is 14.9. The van der Waals surface area contributed by atoms with Crippen molar-refractivity contribution in [3.63, 3.8) is 0 Å². The van der Waals surface area contributed by atoms with E-state index in [1.165, 1.54) is 4.31 Å². The number of piperidine rings is 1. The third kappa shape index (κ3) is 4.70. The number of rotatable bonds is 6. The van der Waals surface area contributed by atoms with Crippen molar-refractivity contribution in [2.24, 2.45) is 5.92 Å². The number of nitrogens with one attached hydrogen (secondary N) is 1. The van der Waals surface area contributed by atoms with Crippen LogP contribution in [0.1, 0.15) is 24.2 Å². The molecule has 0 unspecified atom stereocenters. The molecule has 31 heavy (non-hydrogen) atoms. The number of nitrogens with zero attached hydrogens (tertiary/aromatic N) is 3. The maximum absolute atomic E-state index is 12.7. The molecule has 7 nitrogen and oxygen atoms in total. The van der Waals surface area contributed by atoms with Crippen molar-refractivity contribution in [1.82, 2.24) is 19.2 Å². The molecule has 162 valence electrons. The number of hydrogen-bond acceptors (Lipinski definition) is 4. The van der Waals surface area contributed by atoms with Crippen molar-refractivity contribution in [3.8, 4) is 5.69 Å². The predicted molar refractivity (Wildman–Crippen MR) is 118 cm³/mol. The van der Waals surface area contributed by atoms with E-state index in [1.54, 1.807) is 36.5 Å². The molecule has 1 aliphatic heterocycles. The quantitative estimate of drug-likeness (QED) is 0.641. The second kappa shape index (κ2) is 9.03. The Morgan fingerprint density at radius 3 is 2.35 bits per heavy atom. The van der Waals surface area contributed by atoms with Gasteiger partial charge in [-0.25, -0.2) is 13.4 Å². The number of imidazole rings is 1. The van der Waals surface area contributed by atoms with E-state index in [2.05, 4.69) is 10.3 Å². The SMILES string of the molecule is Cc1nccn1-c1ccc(CNC(=O)C2CCN(S(=O)(=O)c3ccccc3)CC2)cc1. The molecule has 0 bridgehead atoms. The zero-order chi connectivity index (χ0) is 21.8. The largest absolute Gasteiger partial charge is 0.352 e. The second-order valence-electron chi connectivity index (χ2n) is 7.72. The minimum atomic E-state index is -3.50. The van der Waals surface area contributed by atoms with Crippen molar-refractivity contribution in [3.05, 3.63) is 78.4 Å². The molecule has 0 atom stereocenters. The van der Waals surface area contributed by atoms with Crippen LogP contribution in [0.2, 0.25) is 0 Å². The van der Waals surface area contributed by atoms with Gasteiger partial charge in [-0.1, -0.05) is 30.3 Å². The van der Waals surface area contributed by atoms with Gasteiger partial charge >= 0.3 is 0 Å². The molecule has 1 saturated heterocycles. The van der Waals surface area contributed by atoms with Crippen LogP contribution in [0.5, 0.6) is 0 Å². The summed E-state index contributed by atoms with van der Waals surface area (Å²) in [6, 6.07) is 16.4. The zero-order valence-electron chi connectivity index (χ0n) is 17.4. The highest BCUT2D eigenvalue weighted by Crippen LogP contribution is 2.24. The van der Waals surface area contributed by atoms with E-state index >= 15 is 0 Å². The fourth-order valence-corrected chi connectivity index (χ4v) is 5.35. The Labute approximate surface area is 182 Å². The molecule has 8 heteroatoms. The number of amides is 1. The summed E-state index contributed by atoms with van der Waals surface area (Å²) in [7, 11) is -3.50. The molecule has 0 radical (unpaired) electrons. The van der Waals surface area contributed by atoms with E-state index in [0.29, 0.717) is 37.4 Å². The van der Waals surface area contributed by atoms with E-state index in [0.717, 1.165) is 17.1 Å². The van der Waals surface area contributed by atoms with Gasteiger partial charge in [-0.3, -0.25) is 4.79 Å². The van der Waals surface area contributed by atoms with Gasteiger partial charge in [0.2, 0.25) is 15.9 Å². The summed E-state index contributed by atoms with van der Waals surface area (Å²) < 4.78 is 28.9. The monoisotopic (exact) mass is 438 g/mol. The molecular formula is C23H26N4O3S. The molecule has 2 aromatic carbocycles. The van der Waals surface area contributed by atoms with Gasteiger partial charge in [-0.05, 0) is 49.6 Å². The van der Waals surface area contributed by atoms with Crippen LogP contribution in [0.15, 0.2) is 71.9 Å². The van der Waals surface area contributed by atoms with Gasteiger partial charge in [-0.2, -0.15) is 4.31 Å². The van der Waals surface area contributed by atoms with Crippen molar-refractivity contribution >= 4 is 15.9 Å². The average molecular weight is 439 g/mol. The lowest BCUT2D eigenvalue weighted by Crippen LogP contribution is -2.42. The lowest BCUT2D eigenvalue weighted by molar-refractivity contribution is -0.126. The predicted octanol–water partition coefficient (Wildman–Crippen LogP) is 2.90. The van der Waals surface area contributed by atoms with Crippen LogP contribution in [0.25, 0.3) is 5.69 Å². The number of sulfonamides is 1. The number of hydrogen-bond donors (Lipinski definition) is 1. The fraction of sp³-hybridized carbons (Fsp3) is 0.304. The van der Waals surface area contributed by atoms with Crippen LogP contribution in [-0.4, -0.2) is 41.3 Å². The molecule has 2 heterocycles. The number of benzene rings is 2. The highest BCUT2D eigenvalue weighted by atomic mass is 32.2. The Morgan fingerprint density at radius 1 is 1.06 bits per heavy atom. The minimum absolute atomic E-state index is 0.0220. The Balaban J connectivity index is 1.29. The van der Waals surface area contributed by atoms with Gasteiger partial charge in [0.25, 0.3) is 0 Å². The van der Waals surface area contributed by atoms with E-state index in [1.807, 2.05) is 42.0 Å². The highest BCUT2D eigenvalue weighted by molar-refractivity contribution is 7.89. The third-order valence-corrected chi connectivity index (χ3v) is 7.63. The number of carbonyl (C=O) groups is 1. The van der Waals surface area contributed by atoms with E-state index in [4.69, 9.17) is 0 Å². The molecule has 1 amide bonds.